The number of rotatable bonds is 4. The molecule has 0 unspecified atom stereocenters. The Bertz CT molecular complexity index is 1100. The van der Waals surface area contributed by atoms with Crippen LogP contribution in [0.25, 0.3) is 6.08 Å². The molecule has 35 heavy (non-hydrogen) atoms. The fourth-order valence-corrected chi connectivity index (χ4v) is 5.33. The summed E-state index contributed by atoms with van der Waals surface area (Å²) in [6, 6.07) is 14.3. The third-order valence-corrected chi connectivity index (χ3v) is 6.99. The maximum atomic E-state index is 13.6. The van der Waals surface area contributed by atoms with Gasteiger partial charge in [-0.15, -0.1) is 0 Å². The zero-order chi connectivity index (χ0) is 24.6. The van der Waals surface area contributed by atoms with E-state index in [0.29, 0.717) is 25.9 Å². The monoisotopic (exact) mass is 475 g/mol. The minimum Gasteiger partial charge on any atom is -0.457 e. The number of carbonyl (C=O) groups excluding carboxylic acids is 2. The van der Waals surface area contributed by atoms with Gasteiger partial charge in [-0.25, -0.2) is 9.78 Å². The van der Waals surface area contributed by atoms with Crippen LogP contribution in [0.15, 0.2) is 54.7 Å². The number of carbonyl (C=O) groups is 2. The summed E-state index contributed by atoms with van der Waals surface area (Å²) in [5, 5.41) is 0. The molecule has 184 valence electrons. The molecule has 1 aromatic carbocycles. The van der Waals surface area contributed by atoms with Gasteiger partial charge in [0.2, 0.25) is 0 Å². The lowest BCUT2D eigenvalue weighted by Gasteiger charge is -2.38. The number of benzene rings is 1. The van der Waals surface area contributed by atoms with E-state index in [-0.39, 0.29) is 24.1 Å². The van der Waals surface area contributed by atoms with Gasteiger partial charge in [0.15, 0.2) is 5.60 Å². The molecule has 1 spiro atoms. The van der Waals surface area contributed by atoms with Crippen LogP contribution in [0.5, 0.6) is 0 Å². The predicted octanol–water partition coefficient (Wildman–Crippen LogP) is 4.50. The first-order valence-corrected chi connectivity index (χ1v) is 12.4. The van der Waals surface area contributed by atoms with Crippen LogP contribution >= 0.6 is 0 Å². The van der Waals surface area contributed by atoms with Crippen LogP contribution in [0.1, 0.15) is 63.6 Å². The summed E-state index contributed by atoms with van der Waals surface area (Å²) in [7, 11) is 0. The number of aromatic nitrogens is 1. The van der Waals surface area contributed by atoms with E-state index in [1.165, 1.54) is 11.6 Å². The molecule has 7 nitrogen and oxygen atoms in total. The van der Waals surface area contributed by atoms with Gasteiger partial charge in [0, 0.05) is 38.2 Å². The largest absolute Gasteiger partial charge is 0.457 e. The van der Waals surface area contributed by atoms with E-state index in [4.69, 9.17) is 9.47 Å². The third-order valence-electron chi connectivity index (χ3n) is 6.99. The molecule has 5 rings (SSSR count). The Kier molecular flexibility index (Phi) is 6.13. The Balaban J connectivity index is 1.20. The molecule has 3 saturated heterocycles. The molecule has 3 aliphatic heterocycles. The van der Waals surface area contributed by atoms with Gasteiger partial charge in [-0.1, -0.05) is 30.3 Å². The van der Waals surface area contributed by atoms with E-state index in [9.17, 15) is 9.59 Å². The van der Waals surface area contributed by atoms with Crippen LogP contribution in [-0.2, 0) is 19.1 Å². The Morgan fingerprint density at radius 3 is 2.51 bits per heavy atom. The number of nitrogens with zero attached hydrogens (tertiary/aromatic N) is 3. The van der Waals surface area contributed by atoms with Crippen molar-refractivity contribution in [1.29, 1.82) is 0 Å². The number of ether oxygens (including phenoxy) is 2. The highest BCUT2D eigenvalue weighted by molar-refractivity contribution is 5.88. The van der Waals surface area contributed by atoms with Crippen molar-refractivity contribution in [1.82, 2.24) is 9.88 Å². The Labute approximate surface area is 206 Å². The number of pyridine rings is 1. The van der Waals surface area contributed by atoms with Crippen molar-refractivity contribution in [3.8, 4) is 0 Å². The molecule has 0 bridgehead atoms. The smallest absolute Gasteiger partial charge is 0.331 e. The first kappa shape index (κ1) is 23.5. The topological polar surface area (TPSA) is 72.0 Å². The van der Waals surface area contributed by atoms with Crippen molar-refractivity contribution in [2.45, 2.75) is 69.9 Å². The van der Waals surface area contributed by atoms with Gasteiger partial charge in [0.25, 0.3) is 5.91 Å². The molecular formula is C28H33N3O4. The van der Waals surface area contributed by atoms with Crippen molar-refractivity contribution < 1.29 is 19.1 Å². The highest BCUT2D eigenvalue weighted by Gasteiger charge is 2.57. The van der Waals surface area contributed by atoms with Gasteiger partial charge in [-0.3, -0.25) is 4.79 Å². The summed E-state index contributed by atoms with van der Waals surface area (Å²) in [5.41, 5.74) is 0.781. The van der Waals surface area contributed by atoms with E-state index < -0.39 is 11.2 Å². The van der Waals surface area contributed by atoms with Crippen LogP contribution in [0.4, 0.5) is 5.82 Å². The minimum absolute atomic E-state index is 0.106. The van der Waals surface area contributed by atoms with Crippen LogP contribution in [0, 0.1) is 0 Å². The molecule has 3 aliphatic rings. The van der Waals surface area contributed by atoms with Crippen molar-refractivity contribution in [3.05, 3.63) is 65.9 Å². The lowest BCUT2D eigenvalue weighted by Crippen LogP contribution is -2.50. The molecule has 0 saturated carbocycles. The van der Waals surface area contributed by atoms with Crippen LogP contribution < -0.4 is 4.90 Å². The second-order valence-corrected chi connectivity index (χ2v) is 10.6. The molecule has 2 aromatic rings. The second kappa shape index (κ2) is 9.11. The average Bonchev–Trinajstić information content (AvgIpc) is 3.36. The summed E-state index contributed by atoms with van der Waals surface area (Å²) in [5.74, 6) is 0.630. The number of hydrogen-bond donors (Lipinski definition) is 0. The number of piperidine rings is 1. The van der Waals surface area contributed by atoms with Crippen molar-refractivity contribution in [2.24, 2.45) is 0 Å². The second-order valence-electron chi connectivity index (χ2n) is 10.6. The Morgan fingerprint density at radius 1 is 1.11 bits per heavy atom. The minimum atomic E-state index is -0.718. The molecule has 2 atom stereocenters. The number of esters is 1. The summed E-state index contributed by atoms with van der Waals surface area (Å²) in [4.78, 5) is 34.2. The molecule has 1 amide bonds. The van der Waals surface area contributed by atoms with Crippen LogP contribution in [-0.4, -0.2) is 52.3 Å². The zero-order valence-electron chi connectivity index (χ0n) is 20.6. The molecule has 1 aromatic heterocycles. The molecule has 0 radical (unpaired) electrons. The van der Waals surface area contributed by atoms with E-state index >= 15 is 0 Å². The predicted molar refractivity (Wildman–Crippen MR) is 133 cm³/mol. The number of fused-ring (bicyclic) bond motifs is 1. The fourth-order valence-electron chi connectivity index (χ4n) is 5.33. The SMILES string of the molecule is CC(C)(C)OC(=O)/C=C/c1ccc(N2CCC3(CC2)O[C@@H]2CC[C@@H](c4ccccc4)N2C3=O)nc1. The van der Waals surface area contributed by atoms with Gasteiger partial charge in [-0.2, -0.15) is 0 Å². The first-order chi connectivity index (χ1) is 16.7. The lowest BCUT2D eigenvalue weighted by molar-refractivity contribution is -0.148. The highest BCUT2D eigenvalue weighted by atomic mass is 16.6. The van der Waals surface area contributed by atoms with Gasteiger partial charge in [0.05, 0.1) is 6.04 Å². The number of anilines is 1. The van der Waals surface area contributed by atoms with Gasteiger partial charge < -0.3 is 19.3 Å². The standard InChI is InChI=1S/C28H33N3O4/c1-27(2,3)35-25(32)14-10-20-9-12-23(29-19-20)30-17-15-28(16-18-30)26(33)31-22(11-13-24(31)34-28)21-7-5-4-6-8-21/h4-10,12,14,19,22,24H,11,13,15-18H2,1-3H3/b14-10+/t22-,24+/m0/s1. The molecule has 0 aliphatic carbocycles. The normalized spacial score (nSPS) is 23.8. The average molecular weight is 476 g/mol. The van der Waals surface area contributed by atoms with Gasteiger partial charge >= 0.3 is 5.97 Å². The Morgan fingerprint density at radius 2 is 1.86 bits per heavy atom. The van der Waals surface area contributed by atoms with E-state index in [2.05, 4.69) is 22.0 Å². The molecule has 7 heteroatoms. The van der Waals surface area contributed by atoms with E-state index in [1.807, 2.05) is 56.0 Å². The quantitative estimate of drug-likeness (QED) is 0.479. The van der Waals surface area contributed by atoms with Crippen LogP contribution in [0.3, 0.4) is 0 Å². The van der Waals surface area contributed by atoms with Crippen LogP contribution in [0.2, 0.25) is 0 Å². The third kappa shape index (κ3) is 4.82. The number of amides is 1. The van der Waals surface area contributed by atoms with Crippen molar-refractivity contribution >= 4 is 23.8 Å². The fraction of sp³-hybridized carbons (Fsp3) is 0.464. The summed E-state index contributed by atoms with van der Waals surface area (Å²) in [6.07, 6.45) is 7.90. The summed E-state index contributed by atoms with van der Waals surface area (Å²) >= 11 is 0. The molecule has 0 N–H and O–H groups in total. The van der Waals surface area contributed by atoms with Gasteiger partial charge in [0.1, 0.15) is 17.6 Å². The summed E-state index contributed by atoms with van der Waals surface area (Å²) < 4.78 is 11.7. The molecule has 3 fully saturated rings. The highest BCUT2D eigenvalue weighted by Crippen LogP contribution is 2.47. The first-order valence-electron chi connectivity index (χ1n) is 12.4. The molecular weight excluding hydrogens is 442 g/mol. The maximum Gasteiger partial charge on any atom is 0.331 e. The zero-order valence-corrected chi connectivity index (χ0v) is 20.6. The molecule has 4 heterocycles. The Hall–Kier alpha value is -3.19. The van der Waals surface area contributed by atoms with Gasteiger partial charge in [-0.05, 0) is 62.9 Å². The van der Waals surface area contributed by atoms with Crippen molar-refractivity contribution in [2.75, 3.05) is 18.0 Å². The van der Waals surface area contributed by atoms with Crippen molar-refractivity contribution in [3.63, 3.8) is 0 Å². The summed E-state index contributed by atoms with van der Waals surface area (Å²) in [6.45, 7) is 6.94. The van der Waals surface area contributed by atoms with E-state index in [1.54, 1.807) is 12.3 Å². The van der Waals surface area contributed by atoms with E-state index in [0.717, 1.165) is 24.2 Å². The maximum absolute atomic E-state index is 13.6. The lowest BCUT2D eigenvalue weighted by atomic mass is 9.89. The number of hydrogen-bond acceptors (Lipinski definition) is 6.